The molecule has 0 aromatic carbocycles. The summed E-state index contributed by atoms with van der Waals surface area (Å²) in [7, 11) is 0. The maximum absolute atomic E-state index is 12.0. The van der Waals surface area contributed by atoms with Crippen LogP contribution in [-0.2, 0) is 9.53 Å². The van der Waals surface area contributed by atoms with E-state index in [2.05, 4.69) is 26.0 Å². The molecule has 0 amide bonds. The van der Waals surface area contributed by atoms with Crippen molar-refractivity contribution in [3.8, 4) is 0 Å². The molecule has 0 radical (unpaired) electrons. The van der Waals surface area contributed by atoms with Crippen molar-refractivity contribution in [3.05, 3.63) is 12.2 Å². The second-order valence-corrected chi connectivity index (χ2v) is 14.0. The van der Waals surface area contributed by atoms with Crippen molar-refractivity contribution in [3.63, 3.8) is 0 Å². The molecule has 44 heavy (non-hydrogen) atoms. The minimum absolute atomic E-state index is 0.0167. The maximum atomic E-state index is 12.0. The Kier molecular flexibility index (Phi) is 39.5. The molecule has 0 atom stereocenters. The lowest BCUT2D eigenvalue weighted by Gasteiger charge is -2.05. The fourth-order valence-corrected chi connectivity index (χ4v) is 6.31. The zero-order valence-corrected chi connectivity index (χ0v) is 30.6. The number of hydrogen-bond donors (Lipinski definition) is 0. The Balaban J connectivity index is 3.19. The third-order valence-electron chi connectivity index (χ3n) is 9.40. The smallest absolute Gasteiger partial charge is 0.305 e. The Morgan fingerprint density at radius 3 is 0.977 bits per heavy atom. The van der Waals surface area contributed by atoms with Gasteiger partial charge in [-0.15, -0.1) is 0 Å². The molecule has 0 saturated heterocycles. The summed E-state index contributed by atoms with van der Waals surface area (Å²) in [6, 6.07) is 0. The fourth-order valence-electron chi connectivity index (χ4n) is 6.31. The highest BCUT2D eigenvalue weighted by Crippen LogP contribution is 2.15. The second-order valence-electron chi connectivity index (χ2n) is 14.0. The number of carbonyl (C=O) groups excluding carboxylic acids is 1. The average molecular weight is 619 g/mol. The summed E-state index contributed by atoms with van der Waals surface area (Å²) < 4.78 is 5.45. The van der Waals surface area contributed by atoms with Gasteiger partial charge >= 0.3 is 5.97 Å². The summed E-state index contributed by atoms with van der Waals surface area (Å²) in [6.45, 7) is 5.21. The van der Waals surface area contributed by atoms with E-state index in [1.54, 1.807) is 0 Å². The Labute approximate surface area is 278 Å². The van der Waals surface area contributed by atoms with Crippen LogP contribution in [0.4, 0.5) is 0 Å². The number of carbonyl (C=O) groups is 1. The summed E-state index contributed by atoms with van der Waals surface area (Å²) in [4.78, 5) is 12.0. The molecule has 0 rings (SSSR count). The number of allylic oxidation sites excluding steroid dienone is 2. The maximum Gasteiger partial charge on any atom is 0.305 e. The van der Waals surface area contributed by atoms with Crippen LogP contribution in [0, 0.1) is 0 Å². The monoisotopic (exact) mass is 619 g/mol. The largest absolute Gasteiger partial charge is 0.466 e. The van der Waals surface area contributed by atoms with Crippen LogP contribution >= 0.6 is 0 Å². The molecule has 0 aliphatic carbocycles. The lowest BCUT2D eigenvalue weighted by Crippen LogP contribution is -2.05. The summed E-state index contributed by atoms with van der Waals surface area (Å²) in [5.41, 5.74) is 0. The zero-order chi connectivity index (χ0) is 31.9. The van der Waals surface area contributed by atoms with Crippen LogP contribution in [-0.4, -0.2) is 12.6 Å². The van der Waals surface area contributed by atoms with E-state index < -0.39 is 0 Å². The van der Waals surface area contributed by atoms with Gasteiger partial charge in [0, 0.05) is 6.42 Å². The van der Waals surface area contributed by atoms with Crippen molar-refractivity contribution in [2.45, 2.75) is 245 Å². The number of unbranched alkanes of at least 4 members (excludes halogenated alkanes) is 32. The van der Waals surface area contributed by atoms with Crippen molar-refractivity contribution >= 4 is 5.97 Å². The minimum Gasteiger partial charge on any atom is -0.466 e. The van der Waals surface area contributed by atoms with E-state index in [9.17, 15) is 4.79 Å². The van der Waals surface area contributed by atoms with Crippen LogP contribution in [0.3, 0.4) is 0 Å². The molecule has 0 fully saturated rings. The molecule has 0 aliphatic rings. The Morgan fingerprint density at radius 2 is 0.636 bits per heavy atom. The fraction of sp³-hybridized carbons (Fsp3) is 0.929. The van der Waals surface area contributed by atoms with E-state index in [0.29, 0.717) is 13.0 Å². The van der Waals surface area contributed by atoms with Crippen LogP contribution in [0.2, 0.25) is 0 Å². The van der Waals surface area contributed by atoms with Crippen LogP contribution in [0.5, 0.6) is 0 Å². The molecule has 0 saturated carbocycles. The van der Waals surface area contributed by atoms with E-state index in [1.165, 1.54) is 205 Å². The average Bonchev–Trinajstić information content (AvgIpc) is 3.03. The molecular formula is C42H82O2. The molecule has 2 nitrogen and oxygen atoms in total. The third-order valence-corrected chi connectivity index (χ3v) is 9.40. The molecule has 262 valence electrons. The SMILES string of the molecule is CCCCCCCCCCCCCCCCC/C=C\CCCCCCC(=O)OCCCCCCCCCCCCCCCC. The lowest BCUT2D eigenvalue weighted by molar-refractivity contribution is -0.143. The number of hydrogen-bond acceptors (Lipinski definition) is 2. The van der Waals surface area contributed by atoms with Gasteiger partial charge in [0.2, 0.25) is 0 Å². The van der Waals surface area contributed by atoms with Gasteiger partial charge in [-0.05, 0) is 38.5 Å². The van der Waals surface area contributed by atoms with Crippen LogP contribution in [0.15, 0.2) is 12.2 Å². The van der Waals surface area contributed by atoms with Crippen molar-refractivity contribution < 1.29 is 9.53 Å². The molecule has 2 heteroatoms. The molecular weight excluding hydrogens is 536 g/mol. The molecule has 0 spiro atoms. The standard InChI is InChI=1S/C42H82O2/c1-3-5-7-9-11-13-15-17-19-20-21-22-23-24-25-26-27-28-30-32-34-36-38-40-42(43)44-41-39-37-35-33-31-29-18-16-14-12-10-8-6-4-2/h27-28H,3-26,29-41H2,1-2H3/b28-27-. The van der Waals surface area contributed by atoms with Gasteiger partial charge in [-0.1, -0.05) is 212 Å². The summed E-state index contributed by atoms with van der Waals surface area (Å²) >= 11 is 0. The Hall–Kier alpha value is -0.790. The first kappa shape index (κ1) is 43.2. The number of ether oxygens (including phenoxy) is 1. The highest BCUT2D eigenvalue weighted by Gasteiger charge is 2.02. The minimum atomic E-state index is 0.0167. The zero-order valence-electron chi connectivity index (χ0n) is 30.6. The quantitative estimate of drug-likeness (QED) is 0.0391. The third kappa shape index (κ3) is 39.2. The van der Waals surface area contributed by atoms with Crippen molar-refractivity contribution in [1.82, 2.24) is 0 Å². The number of esters is 1. The van der Waals surface area contributed by atoms with Crippen molar-refractivity contribution in [2.24, 2.45) is 0 Å². The van der Waals surface area contributed by atoms with E-state index in [1.807, 2.05) is 0 Å². The number of rotatable bonds is 38. The molecule has 0 heterocycles. The molecule has 0 aliphatic heterocycles. The second kappa shape index (κ2) is 40.2. The van der Waals surface area contributed by atoms with Crippen molar-refractivity contribution in [1.29, 1.82) is 0 Å². The van der Waals surface area contributed by atoms with Crippen molar-refractivity contribution in [2.75, 3.05) is 6.61 Å². The Bertz CT molecular complexity index is 554. The highest BCUT2D eigenvalue weighted by atomic mass is 16.5. The molecule has 0 N–H and O–H groups in total. The first-order valence-electron chi connectivity index (χ1n) is 20.6. The molecule has 0 aromatic heterocycles. The molecule has 0 bridgehead atoms. The topological polar surface area (TPSA) is 26.3 Å². The predicted octanol–water partition coefficient (Wildman–Crippen LogP) is 15.2. The lowest BCUT2D eigenvalue weighted by atomic mass is 10.0. The predicted molar refractivity (Wildman–Crippen MR) is 198 cm³/mol. The van der Waals surface area contributed by atoms with Gasteiger partial charge in [0.1, 0.15) is 0 Å². The van der Waals surface area contributed by atoms with Gasteiger partial charge in [-0.2, -0.15) is 0 Å². The summed E-state index contributed by atoms with van der Waals surface area (Å²) in [5, 5.41) is 0. The van der Waals surface area contributed by atoms with E-state index in [0.717, 1.165) is 19.3 Å². The van der Waals surface area contributed by atoms with Gasteiger partial charge in [-0.25, -0.2) is 0 Å². The molecule has 0 unspecified atom stereocenters. The van der Waals surface area contributed by atoms with Crippen LogP contribution in [0.25, 0.3) is 0 Å². The first-order valence-corrected chi connectivity index (χ1v) is 20.6. The normalized spacial score (nSPS) is 11.6. The first-order chi connectivity index (χ1) is 21.8. The van der Waals surface area contributed by atoms with E-state index >= 15 is 0 Å². The van der Waals surface area contributed by atoms with Gasteiger partial charge in [-0.3, -0.25) is 4.79 Å². The van der Waals surface area contributed by atoms with Gasteiger partial charge in [0.25, 0.3) is 0 Å². The molecule has 0 aromatic rings. The highest BCUT2D eigenvalue weighted by molar-refractivity contribution is 5.69. The van der Waals surface area contributed by atoms with E-state index in [-0.39, 0.29) is 5.97 Å². The Morgan fingerprint density at radius 1 is 0.364 bits per heavy atom. The van der Waals surface area contributed by atoms with Crippen LogP contribution < -0.4 is 0 Å². The summed E-state index contributed by atoms with van der Waals surface area (Å²) in [6.07, 6.45) is 53.0. The van der Waals surface area contributed by atoms with Crippen LogP contribution in [0.1, 0.15) is 245 Å². The van der Waals surface area contributed by atoms with Gasteiger partial charge in [0.05, 0.1) is 6.61 Å². The van der Waals surface area contributed by atoms with Gasteiger partial charge in [0.15, 0.2) is 0 Å². The van der Waals surface area contributed by atoms with Gasteiger partial charge < -0.3 is 4.74 Å². The summed E-state index contributed by atoms with van der Waals surface area (Å²) in [5.74, 6) is 0.0167. The van der Waals surface area contributed by atoms with E-state index in [4.69, 9.17) is 4.74 Å².